The van der Waals surface area contributed by atoms with Crippen LogP contribution in [0.3, 0.4) is 0 Å². The Bertz CT molecular complexity index is 643. The zero-order valence-corrected chi connectivity index (χ0v) is 12.0. The van der Waals surface area contributed by atoms with E-state index in [1.807, 2.05) is 23.6 Å². The van der Waals surface area contributed by atoms with Crippen molar-refractivity contribution in [2.24, 2.45) is 5.10 Å². The molecule has 0 unspecified atom stereocenters. The van der Waals surface area contributed by atoms with Gasteiger partial charge in [0.1, 0.15) is 11.8 Å². The molecule has 0 atom stereocenters. The molecule has 1 N–H and O–H groups in total. The Labute approximate surface area is 126 Å². The van der Waals surface area contributed by atoms with Crippen molar-refractivity contribution in [3.8, 4) is 11.8 Å². The molecule has 0 aliphatic rings. The number of carbonyl (C=O) groups is 1. The highest BCUT2D eigenvalue weighted by molar-refractivity contribution is 7.10. The minimum atomic E-state index is -0.150. The lowest BCUT2D eigenvalue weighted by Crippen LogP contribution is -2.19. The second kappa shape index (κ2) is 7.82. The number of hydrogen-bond donors (Lipinski definition) is 1. The van der Waals surface area contributed by atoms with Crippen LogP contribution in [0.4, 0.5) is 0 Å². The maximum Gasteiger partial charge on any atom is 0.245 e. The number of nitrogens with zero attached hydrogens (tertiary/aromatic N) is 2. The van der Waals surface area contributed by atoms with Crippen LogP contribution in [0.1, 0.15) is 10.4 Å². The Balaban J connectivity index is 1.81. The molecule has 0 aliphatic heterocycles. The summed E-state index contributed by atoms with van der Waals surface area (Å²) in [4.78, 5) is 12.6. The predicted molar refractivity (Wildman–Crippen MR) is 81.3 cm³/mol. The molecule has 0 bridgehead atoms. The summed E-state index contributed by atoms with van der Waals surface area (Å²) < 4.78 is 5.14. The highest BCUT2D eigenvalue weighted by Crippen LogP contribution is 2.11. The molecule has 5 nitrogen and oxygen atoms in total. The summed E-state index contributed by atoms with van der Waals surface area (Å²) in [5.41, 5.74) is 3.31. The van der Waals surface area contributed by atoms with Crippen molar-refractivity contribution in [1.29, 1.82) is 5.26 Å². The van der Waals surface area contributed by atoms with E-state index in [-0.39, 0.29) is 12.5 Å². The second-order valence-electron chi connectivity index (χ2n) is 4.07. The van der Waals surface area contributed by atoms with Crippen LogP contribution in [0, 0.1) is 11.3 Å². The average molecular weight is 299 g/mol. The molecule has 0 fully saturated rings. The number of amides is 1. The molecule has 0 saturated heterocycles. The largest absolute Gasteiger partial charge is 0.479 e. The van der Waals surface area contributed by atoms with Gasteiger partial charge in [0.25, 0.3) is 0 Å². The van der Waals surface area contributed by atoms with Crippen molar-refractivity contribution in [3.05, 3.63) is 52.2 Å². The summed E-state index contributed by atoms with van der Waals surface area (Å²) in [5, 5.41) is 14.2. The van der Waals surface area contributed by atoms with Crippen molar-refractivity contribution in [1.82, 2.24) is 5.43 Å². The molecular weight excluding hydrogens is 286 g/mol. The molecule has 1 heterocycles. The molecule has 1 aromatic heterocycles. The van der Waals surface area contributed by atoms with E-state index in [0.717, 1.165) is 10.4 Å². The van der Waals surface area contributed by atoms with Crippen LogP contribution in [0.5, 0.6) is 5.75 Å². The molecule has 2 aromatic rings. The van der Waals surface area contributed by atoms with E-state index in [4.69, 9.17) is 10.00 Å². The van der Waals surface area contributed by atoms with Crippen molar-refractivity contribution in [3.63, 3.8) is 0 Å². The molecule has 1 amide bonds. The Morgan fingerprint density at radius 3 is 2.86 bits per heavy atom. The van der Waals surface area contributed by atoms with Gasteiger partial charge in [0.2, 0.25) is 5.91 Å². The summed E-state index contributed by atoms with van der Waals surface area (Å²) in [7, 11) is 0. The molecule has 1 aromatic carbocycles. The zero-order chi connectivity index (χ0) is 14.9. The van der Waals surface area contributed by atoms with Gasteiger partial charge in [-0.05, 0) is 41.3 Å². The van der Waals surface area contributed by atoms with E-state index in [2.05, 4.69) is 10.5 Å². The fraction of sp³-hybridized carbons (Fsp3) is 0.133. The molecule has 0 saturated carbocycles. The van der Waals surface area contributed by atoms with Gasteiger partial charge in [-0.2, -0.15) is 10.4 Å². The van der Waals surface area contributed by atoms with Crippen LogP contribution in [-0.2, 0) is 11.2 Å². The number of benzene rings is 1. The van der Waals surface area contributed by atoms with Crippen LogP contribution in [-0.4, -0.2) is 18.7 Å². The SMILES string of the molecule is N#CCOc1ccc(/C=N\NC(=O)Cc2cccs2)cc1. The lowest BCUT2D eigenvalue weighted by molar-refractivity contribution is -0.120. The molecule has 106 valence electrons. The molecule has 0 aliphatic carbocycles. The third-order valence-electron chi connectivity index (χ3n) is 2.50. The lowest BCUT2D eigenvalue weighted by atomic mass is 10.2. The van der Waals surface area contributed by atoms with Crippen LogP contribution in [0.2, 0.25) is 0 Å². The first kappa shape index (κ1) is 14.8. The smallest absolute Gasteiger partial charge is 0.245 e. The van der Waals surface area contributed by atoms with Gasteiger partial charge in [-0.3, -0.25) is 4.79 Å². The molecular formula is C15H13N3O2S. The topological polar surface area (TPSA) is 74.5 Å². The van der Waals surface area contributed by atoms with E-state index >= 15 is 0 Å². The van der Waals surface area contributed by atoms with Gasteiger partial charge in [0, 0.05) is 4.88 Å². The Morgan fingerprint density at radius 1 is 1.38 bits per heavy atom. The van der Waals surface area contributed by atoms with Crippen molar-refractivity contribution in [2.45, 2.75) is 6.42 Å². The van der Waals surface area contributed by atoms with Gasteiger partial charge in [0.15, 0.2) is 6.61 Å². The number of nitriles is 1. The van der Waals surface area contributed by atoms with Crippen LogP contribution in [0.15, 0.2) is 46.9 Å². The standard InChI is InChI=1S/C15H13N3O2S/c16-7-8-20-13-5-3-12(4-6-13)11-17-18-15(19)10-14-2-1-9-21-14/h1-6,9,11H,8,10H2,(H,18,19)/b17-11-. The van der Waals surface area contributed by atoms with Gasteiger partial charge in [0.05, 0.1) is 12.6 Å². The quantitative estimate of drug-likeness (QED) is 0.657. The fourth-order valence-electron chi connectivity index (χ4n) is 1.56. The fourth-order valence-corrected chi connectivity index (χ4v) is 2.26. The molecule has 0 spiro atoms. The highest BCUT2D eigenvalue weighted by atomic mass is 32.1. The Morgan fingerprint density at radius 2 is 2.19 bits per heavy atom. The van der Waals surface area contributed by atoms with Crippen LogP contribution >= 0.6 is 11.3 Å². The molecule has 2 rings (SSSR count). The van der Waals surface area contributed by atoms with E-state index in [0.29, 0.717) is 12.2 Å². The summed E-state index contributed by atoms with van der Waals surface area (Å²) in [6, 6.07) is 12.8. The normalized spacial score (nSPS) is 10.2. The maximum atomic E-state index is 11.6. The first-order chi connectivity index (χ1) is 10.3. The summed E-state index contributed by atoms with van der Waals surface area (Å²) in [6.45, 7) is 0.0201. The first-order valence-electron chi connectivity index (χ1n) is 6.22. The van der Waals surface area contributed by atoms with Gasteiger partial charge in [-0.1, -0.05) is 6.07 Å². The van der Waals surface area contributed by atoms with E-state index in [1.54, 1.807) is 30.5 Å². The van der Waals surface area contributed by atoms with E-state index < -0.39 is 0 Å². The van der Waals surface area contributed by atoms with Crippen molar-refractivity contribution in [2.75, 3.05) is 6.61 Å². The number of hydrogen-bond acceptors (Lipinski definition) is 5. The molecule has 0 radical (unpaired) electrons. The zero-order valence-electron chi connectivity index (χ0n) is 11.2. The van der Waals surface area contributed by atoms with Gasteiger partial charge < -0.3 is 4.74 Å². The number of hydrazone groups is 1. The predicted octanol–water partition coefficient (Wildman–Crippen LogP) is 2.34. The average Bonchev–Trinajstić information content (AvgIpc) is 2.99. The summed E-state index contributed by atoms with van der Waals surface area (Å²) in [6.07, 6.45) is 1.89. The van der Waals surface area contributed by atoms with Gasteiger partial charge >= 0.3 is 0 Å². The molecule has 6 heteroatoms. The van der Waals surface area contributed by atoms with Crippen molar-refractivity contribution >= 4 is 23.5 Å². The minimum Gasteiger partial charge on any atom is -0.479 e. The van der Waals surface area contributed by atoms with Crippen LogP contribution < -0.4 is 10.2 Å². The first-order valence-corrected chi connectivity index (χ1v) is 7.10. The highest BCUT2D eigenvalue weighted by Gasteiger charge is 2.02. The third-order valence-corrected chi connectivity index (χ3v) is 3.38. The Hall–Kier alpha value is -2.65. The van der Waals surface area contributed by atoms with Gasteiger partial charge in [-0.25, -0.2) is 5.43 Å². The van der Waals surface area contributed by atoms with E-state index in [1.165, 1.54) is 11.3 Å². The summed E-state index contributed by atoms with van der Waals surface area (Å²) >= 11 is 1.54. The number of thiophene rings is 1. The second-order valence-corrected chi connectivity index (χ2v) is 5.10. The van der Waals surface area contributed by atoms with Gasteiger partial charge in [-0.15, -0.1) is 11.3 Å². The number of carbonyl (C=O) groups excluding carboxylic acids is 1. The summed E-state index contributed by atoms with van der Waals surface area (Å²) in [5.74, 6) is 0.470. The Kier molecular flexibility index (Phi) is 5.50. The maximum absolute atomic E-state index is 11.6. The van der Waals surface area contributed by atoms with Crippen LogP contribution in [0.25, 0.3) is 0 Å². The monoisotopic (exact) mass is 299 g/mol. The number of rotatable bonds is 6. The van der Waals surface area contributed by atoms with E-state index in [9.17, 15) is 4.79 Å². The number of nitrogens with one attached hydrogen (secondary N) is 1. The number of ether oxygens (including phenoxy) is 1. The van der Waals surface area contributed by atoms with Crippen molar-refractivity contribution < 1.29 is 9.53 Å². The minimum absolute atomic E-state index is 0.0201. The third kappa shape index (κ3) is 5.09. The lowest BCUT2D eigenvalue weighted by Gasteiger charge is -2.01. The molecule has 21 heavy (non-hydrogen) atoms.